The number of hydrogen-bond acceptors (Lipinski definition) is 4. The van der Waals surface area contributed by atoms with Gasteiger partial charge < -0.3 is 10.2 Å². The second-order valence-electron chi connectivity index (χ2n) is 3.65. The largest absolute Gasteiger partial charge is 0.349 e. The first-order valence-corrected chi connectivity index (χ1v) is 5.25. The molecule has 2 heterocycles. The van der Waals surface area contributed by atoms with E-state index in [2.05, 4.69) is 22.2 Å². The van der Waals surface area contributed by atoms with E-state index >= 15 is 0 Å². The van der Waals surface area contributed by atoms with Crippen molar-refractivity contribution in [3.63, 3.8) is 0 Å². The summed E-state index contributed by atoms with van der Waals surface area (Å²) >= 11 is 0. The molecule has 1 atom stereocenters. The third-order valence-corrected chi connectivity index (χ3v) is 2.74. The molecule has 0 spiro atoms. The molecule has 1 aromatic rings. The predicted octanol–water partition coefficient (Wildman–Crippen LogP) is 0.804. The monoisotopic (exact) mass is 210 g/mol. The highest BCUT2D eigenvalue weighted by Crippen LogP contribution is 2.19. The topological polar surface area (TPSA) is 41.0 Å². The molecule has 1 N–H and O–H groups in total. The number of anilines is 1. The van der Waals surface area contributed by atoms with Gasteiger partial charge in [-0.25, -0.2) is 14.4 Å². The van der Waals surface area contributed by atoms with E-state index in [1.165, 1.54) is 12.5 Å². The summed E-state index contributed by atoms with van der Waals surface area (Å²) in [5.41, 5.74) is 0. The van der Waals surface area contributed by atoms with Crippen LogP contribution in [0.4, 0.5) is 10.2 Å². The van der Waals surface area contributed by atoms with Gasteiger partial charge in [0.05, 0.1) is 6.20 Å². The van der Waals surface area contributed by atoms with E-state index in [1.54, 1.807) is 0 Å². The van der Waals surface area contributed by atoms with Crippen LogP contribution in [-0.4, -0.2) is 35.6 Å². The minimum Gasteiger partial charge on any atom is -0.349 e. The van der Waals surface area contributed by atoms with Gasteiger partial charge in [0.15, 0.2) is 11.6 Å². The fourth-order valence-corrected chi connectivity index (χ4v) is 1.92. The normalized spacial score (nSPS) is 21.7. The zero-order valence-electron chi connectivity index (χ0n) is 8.78. The molecule has 0 bridgehead atoms. The summed E-state index contributed by atoms with van der Waals surface area (Å²) < 4.78 is 13.5. The lowest BCUT2D eigenvalue weighted by Crippen LogP contribution is -2.51. The van der Waals surface area contributed by atoms with E-state index in [0.717, 1.165) is 26.1 Å². The SMILES string of the molecule is CCC1CNCCN1c1ncncc1F. The lowest BCUT2D eigenvalue weighted by atomic mass is 10.1. The Hall–Kier alpha value is -1.23. The molecule has 0 radical (unpaired) electrons. The Morgan fingerprint density at radius 1 is 1.67 bits per heavy atom. The van der Waals surface area contributed by atoms with Gasteiger partial charge in [0, 0.05) is 25.7 Å². The van der Waals surface area contributed by atoms with Crippen molar-refractivity contribution in [3.8, 4) is 0 Å². The first-order chi connectivity index (χ1) is 7.33. The van der Waals surface area contributed by atoms with Crippen molar-refractivity contribution < 1.29 is 4.39 Å². The fraction of sp³-hybridized carbons (Fsp3) is 0.600. The molecule has 1 unspecified atom stereocenters. The van der Waals surface area contributed by atoms with Crippen LogP contribution in [0.5, 0.6) is 0 Å². The van der Waals surface area contributed by atoms with Crippen LogP contribution in [0.25, 0.3) is 0 Å². The number of hydrogen-bond donors (Lipinski definition) is 1. The average molecular weight is 210 g/mol. The fourth-order valence-electron chi connectivity index (χ4n) is 1.92. The Balaban J connectivity index is 2.24. The molecule has 5 heteroatoms. The highest BCUT2D eigenvalue weighted by molar-refractivity contribution is 5.40. The van der Waals surface area contributed by atoms with E-state index in [-0.39, 0.29) is 5.82 Å². The smallest absolute Gasteiger partial charge is 0.183 e. The first-order valence-electron chi connectivity index (χ1n) is 5.25. The summed E-state index contributed by atoms with van der Waals surface area (Å²) in [6.07, 6.45) is 3.60. The van der Waals surface area contributed by atoms with Crippen LogP contribution in [0.3, 0.4) is 0 Å². The molecule has 0 aromatic carbocycles. The Morgan fingerprint density at radius 2 is 2.53 bits per heavy atom. The maximum absolute atomic E-state index is 13.5. The lowest BCUT2D eigenvalue weighted by Gasteiger charge is -2.36. The predicted molar refractivity (Wildman–Crippen MR) is 56.3 cm³/mol. The summed E-state index contributed by atoms with van der Waals surface area (Å²) in [4.78, 5) is 9.70. The van der Waals surface area contributed by atoms with Crippen LogP contribution >= 0.6 is 0 Å². The zero-order chi connectivity index (χ0) is 10.7. The minimum atomic E-state index is -0.335. The summed E-state index contributed by atoms with van der Waals surface area (Å²) in [7, 11) is 0. The van der Waals surface area contributed by atoms with Gasteiger partial charge in [-0.1, -0.05) is 6.92 Å². The highest BCUT2D eigenvalue weighted by atomic mass is 19.1. The molecular weight excluding hydrogens is 195 g/mol. The third-order valence-electron chi connectivity index (χ3n) is 2.74. The quantitative estimate of drug-likeness (QED) is 0.784. The summed E-state index contributed by atoms with van der Waals surface area (Å²) in [5.74, 6) is 0.0937. The molecule has 2 rings (SSSR count). The number of nitrogens with one attached hydrogen (secondary N) is 1. The van der Waals surface area contributed by atoms with Crippen LogP contribution in [0.1, 0.15) is 13.3 Å². The van der Waals surface area contributed by atoms with Crippen LogP contribution in [0.15, 0.2) is 12.5 Å². The van der Waals surface area contributed by atoms with Crippen LogP contribution in [0.2, 0.25) is 0 Å². The maximum Gasteiger partial charge on any atom is 0.183 e. The average Bonchev–Trinajstić information content (AvgIpc) is 2.30. The molecular formula is C10H15FN4. The number of nitrogens with zero attached hydrogens (tertiary/aromatic N) is 3. The Morgan fingerprint density at radius 3 is 3.27 bits per heavy atom. The Bertz CT molecular complexity index is 331. The van der Waals surface area contributed by atoms with Gasteiger partial charge in [-0.2, -0.15) is 0 Å². The van der Waals surface area contributed by atoms with E-state index in [4.69, 9.17) is 0 Å². The van der Waals surface area contributed by atoms with Crippen molar-refractivity contribution in [3.05, 3.63) is 18.3 Å². The molecule has 1 aliphatic heterocycles. The van der Waals surface area contributed by atoms with Crippen LogP contribution in [-0.2, 0) is 0 Å². The second kappa shape index (κ2) is 4.53. The van der Waals surface area contributed by atoms with Crippen LogP contribution < -0.4 is 10.2 Å². The van der Waals surface area contributed by atoms with E-state index in [9.17, 15) is 4.39 Å². The Kier molecular flexibility index (Phi) is 3.11. The molecule has 1 fully saturated rings. The van der Waals surface area contributed by atoms with Gasteiger partial charge in [0.25, 0.3) is 0 Å². The van der Waals surface area contributed by atoms with E-state index in [1.807, 2.05) is 4.90 Å². The number of rotatable bonds is 2. The lowest BCUT2D eigenvalue weighted by molar-refractivity contribution is 0.454. The molecule has 1 aromatic heterocycles. The maximum atomic E-state index is 13.5. The first kappa shape index (κ1) is 10.3. The molecule has 4 nitrogen and oxygen atoms in total. The van der Waals surface area contributed by atoms with Crippen molar-refractivity contribution in [1.82, 2.24) is 15.3 Å². The Labute approximate surface area is 88.5 Å². The summed E-state index contributed by atoms with van der Waals surface area (Å²) in [6, 6.07) is 0.322. The molecule has 0 saturated carbocycles. The molecule has 15 heavy (non-hydrogen) atoms. The van der Waals surface area contributed by atoms with Crippen LogP contribution in [0, 0.1) is 5.82 Å². The summed E-state index contributed by atoms with van der Waals surface area (Å²) in [6.45, 7) is 4.66. The van der Waals surface area contributed by atoms with Crippen molar-refractivity contribution in [2.24, 2.45) is 0 Å². The second-order valence-corrected chi connectivity index (χ2v) is 3.65. The van der Waals surface area contributed by atoms with E-state index in [0.29, 0.717) is 11.9 Å². The van der Waals surface area contributed by atoms with Gasteiger partial charge in [0.1, 0.15) is 6.33 Å². The zero-order valence-corrected chi connectivity index (χ0v) is 8.78. The number of halogens is 1. The summed E-state index contributed by atoms with van der Waals surface area (Å²) in [5, 5.41) is 3.30. The van der Waals surface area contributed by atoms with Gasteiger partial charge in [-0.05, 0) is 6.42 Å². The highest BCUT2D eigenvalue weighted by Gasteiger charge is 2.23. The standard InChI is InChI=1S/C10H15FN4/c1-2-8-5-12-3-4-15(8)10-9(11)6-13-7-14-10/h6-8,12H,2-5H2,1H3. The molecule has 1 aliphatic rings. The molecule has 0 aliphatic carbocycles. The van der Waals surface area contributed by atoms with Crippen molar-refractivity contribution in [1.29, 1.82) is 0 Å². The molecule has 82 valence electrons. The van der Waals surface area contributed by atoms with Gasteiger partial charge in [-0.15, -0.1) is 0 Å². The molecule has 1 saturated heterocycles. The third kappa shape index (κ3) is 2.07. The van der Waals surface area contributed by atoms with Gasteiger partial charge >= 0.3 is 0 Å². The van der Waals surface area contributed by atoms with Crippen molar-refractivity contribution >= 4 is 5.82 Å². The van der Waals surface area contributed by atoms with Crippen molar-refractivity contribution in [2.75, 3.05) is 24.5 Å². The number of piperazine rings is 1. The van der Waals surface area contributed by atoms with E-state index < -0.39 is 0 Å². The number of aromatic nitrogens is 2. The van der Waals surface area contributed by atoms with Gasteiger partial charge in [-0.3, -0.25) is 0 Å². The molecule has 0 amide bonds. The van der Waals surface area contributed by atoms with Crippen molar-refractivity contribution in [2.45, 2.75) is 19.4 Å². The van der Waals surface area contributed by atoms with Gasteiger partial charge in [0.2, 0.25) is 0 Å². The minimum absolute atomic E-state index is 0.322.